The zero-order chi connectivity index (χ0) is 15.2. The minimum atomic E-state index is 0.246. The van der Waals surface area contributed by atoms with Gasteiger partial charge in [-0.2, -0.15) is 0 Å². The van der Waals surface area contributed by atoms with E-state index in [1.54, 1.807) is 7.11 Å². The van der Waals surface area contributed by atoms with Crippen LogP contribution in [0.15, 0.2) is 6.20 Å². The van der Waals surface area contributed by atoms with Crippen molar-refractivity contribution in [3.8, 4) is 5.75 Å². The van der Waals surface area contributed by atoms with Crippen LogP contribution in [0, 0.1) is 13.8 Å². The predicted octanol–water partition coefficient (Wildman–Crippen LogP) is 1.21. The molecular formula is C16H27N3O2. The van der Waals surface area contributed by atoms with E-state index in [9.17, 15) is 0 Å². The number of aliphatic hydroxyl groups is 1. The summed E-state index contributed by atoms with van der Waals surface area (Å²) in [6, 6.07) is 0. The molecule has 1 aromatic heterocycles. The number of nitrogens with zero attached hydrogens (tertiary/aromatic N) is 3. The fourth-order valence-electron chi connectivity index (χ4n) is 2.99. The number of aryl methyl sites for hydroxylation is 1. The highest BCUT2D eigenvalue weighted by molar-refractivity contribution is 5.41. The molecule has 1 aromatic rings. The van der Waals surface area contributed by atoms with Gasteiger partial charge >= 0.3 is 0 Å². The van der Waals surface area contributed by atoms with E-state index in [-0.39, 0.29) is 6.61 Å². The van der Waals surface area contributed by atoms with Gasteiger partial charge in [0.15, 0.2) is 0 Å². The minimum absolute atomic E-state index is 0.246. The lowest BCUT2D eigenvalue weighted by Crippen LogP contribution is -2.32. The zero-order valence-corrected chi connectivity index (χ0v) is 13.4. The Labute approximate surface area is 127 Å². The SMILES string of the molecule is COc1c(C)cnc(CN2CCCN(CCO)CC2)c1C. The topological polar surface area (TPSA) is 48.8 Å². The van der Waals surface area contributed by atoms with Crippen LogP contribution in [-0.2, 0) is 6.54 Å². The van der Waals surface area contributed by atoms with Crippen molar-refractivity contribution in [2.45, 2.75) is 26.8 Å². The van der Waals surface area contributed by atoms with E-state index < -0.39 is 0 Å². The Hall–Kier alpha value is -1.17. The second-order valence-corrected chi connectivity index (χ2v) is 5.74. The molecule has 1 fully saturated rings. The van der Waals surface area contributed by atoms with E-state index in [1.165, 1.54) is 0 Å². The number of aromatic nitrogens is 1. The Morgan fingerprint density at radius 2 is 1.90 bits per heavy atom. The number of hydrogen-bond acceptors (Lipinski definition) is 5. The van der Waals surface area contributed by atoms with Gasteiger partial charge in [-0.05, 0) is 33.4 Å². The van der Waals surface area contributed by atoms with Crippen molar-refractivity contribution in [2.24, 2.45) is 0 Å². The molecule has 0 amide bonds. The van der Waals surface area contributed by atoms with E-state index in [1.807, 2.05) is 13.1 Å². The van der Waals surface area contributed by atoms with Crippen LogP contribution in [0.3, 0.4) is 0 Å². The predicted molar refractivity (Wildman–Crippen MR) is 83.7 cm³/mol. The number of hydrogen-bond donors (Lipinski definition) is 1. The Morgan fingerprint density at radius 3 is 2.62 bits per heavy atom. The first-order valence-electron chi connectivity index (χ1n) is 7.70. The molecule has 0 unspecified atom stereocenters. The lowest BCUT2D eigenvalue weighted by atomic mass is 10.1. The molecule has 0 bridgehead atoms. The van der Waals surface area contributed by atoms with Crippen LogP contribution < -0.4 is 4.74 Å². The van der Waals surface area contributed by atoms with Gasteiger partial charge in [0.2, 0.25) is 0 Å². The van der Waals surface area contributed by atoms with Gasteiger partial charge in [0.1, 0.15) is 5.75 Å². The van der Waals surface area contributed by atoms with Crippen molar-refractivity contribution in [1.82, 2.24) is 14.8 Å². The summed E-state index contributed by atoms with van der Waals surface area (Å²) in [5.41, 5.74) is 3.34. The summed E-state index contributed by atoms with van der Waals surface area (Å²) in [5.74, 6) is 0.955. The average Bonchev–Trinajstić information content (AvgIpc) is 2.69. The van der Waals surface area contributed by atoms with Gasteiger partial charge in [-0.25, -0.2) is 0 Å². The molecule has 118 valence electrons. The monoisotopic (exact) mass is 293 g/mol. The molecule has 0 aliphatic carbocycles. The molecule has 0 radical (unpaired) electrons. The number of aliphatic hydroxyl groups excluding tert-OH is 1. The highest BCUT2D eigenvalue weighted by Gasteiger charge is 2.17. The van der Waals surface area contributed by atoms with Crippen LogP contribution in [-0.4, -0.2) is 66.3 Å². The van der Waals surface area contributed by atoms with Gasteiger partial charge in [0.05, 0.1) is 19.4 Å². The van der Waals surface area contributed by atoms with Crippen LogP contribution in [0.25, 0.3) is 0 Å². The largest absolute Gasteiger partial charge is 0.496 e. The van der Waals surface area contributed by atoms with E-state index in [4.69, 9.17) is 9.84 Å². The molecule has 21 heavy (non-hydrogen) atoms. The van der Waals surface area contributed by atoms with Crippen molar-refractivity contribution in [3.05, 3.63) is 23.0 Å². The molecule has 1 aliphatic heterocycles. The first-order chi connectivity index (χ1) is 10.2. The second-order valence-electron chi connectivity index (χ2n) is 5.74. The number of pyridine rings is 1. The van der Waals surface area contributed by atoms with Gasteiger partial charge in [-0.1, -0.05) is 0 Å². The van der Waals surface area contributed by atoms with Gasteiger partial charge in [0, 0.05) is 43.5 Å². The van der Waals surface area contributed by atoms with Crippen molar-refractivity contribution < 1.29 is 9.84 Å². The summed E-state index contributed by atoms with van der Waals surface area (Å²) in [5, 5.41) is 9.05. The number of ether oxygens (including phenoxy) is 1. The Morgan fingerprint density at radius 1 is 1.19 bits per heavy atom. The van der Waals surface area contributed by atoms with Gasteiger partial charge in [-0.15, -0.1) is 0 Å². The van der Waals surface area contributed by atoms with Crippen LogP contribution >= 0.6 is 0 Å². The van der Waals surface area contributed by atoms with E-state index in [0.29, 0.717) is 0 Å². The average molecular weight is 293 g/mol. The maximum Gasteiger partial charge on any atom is 0.128 e. The highest BCUT2D eigenvalue weighted by atomic mass is 16.5. The molecule has 1 saturated heterocycles. The molecule has 0 aromatic carbocycles. The van der Waals surface area contributed by atoms with Gasteiger partial charge < -0.3 is 9.84 Å². The lowest BCUT2D eigenvalue weighted by Gasteiger charge is -2.22. The lowest BCUT2D eigenvalue weighted by molar-refractivity contribution is 0.195. The van der Waals surface area contributed by atoms with Crippen molar-refractivity contribution >= 4 is 0 Å². The van der Waals surface area contributed by atoms with Crippen molar-refractivity contribution in [2.75, 3.05) is 46.4 Å². The Kier molecular flexibility index (Phi) is 5.96. The minimum Gasteiger partial charge on any atom is -0.496 e. The Bertz CT molecular complexity index is 465. The molecule has 0 atom stereocenters. The van der Waals surface area contributed by atoms with Crippen LogP contribution in [0.4, 0.5) is 0 Å². The molecule has 1 N–H and O–H groups in total. The molecule has 2 heterocycles. The maximum atomic E-state index is 9.05. The second kappa shape index (κ2) is 7.73. The zero-order valence-electron chi connectivity index (χ0n) is 13.4. The standard InChI is InChI=1S/C16H27N3O2/c1-13-11-17-15(14(2)16(13)21-3)12-19-6-4-5-18(7-8-19)9-10-20/h11,20H,4-10,12H2,1-3H3. The van der Waals surface area contributed by atoms with Gasteiger partial charge in [-0.3, -0.25) is 14.8 Å². The van der Waals surface area contributed by atoms with Crippen molar-refractivity contribution in [1.29, 1.82) is 0 Å². The molecule has 5 nitrogen and oxygen atoms in total. The summed E-state index contributed by atoms with van der Waals surface area (Å²) < 4.78 is 5.48. The quantitative estimate of drug-likeness (QED) is 0.884. The van der Waals surface area contributed by atoms with Crippen molar-refractivity contribution in [3.63, 3.8) is 0 Å². The number of β-amino-alcohol motifs (C(OH)–C–C–N with tert-alkyl or cyclic N) is 1. The Balaban J connectivity index is 2.02. The summed E-state index contributed by atoms with van der Waals surface area (Å²) in [6.45, 7) is 10.2. The number of rotatable bonds is 5. The third kappa shape index (κ3) is 4.15. The fraction of sp³-hybridized carbons (Fsp3) is 0.688. The maximum absolute atomic E-state index is 9.05. The summed E-state index contributed by atoms with van der Waals surface area (Å²) in [6.07, 6.45) is 3.04. The summed E-state index contributed by atoms with van der Waals surface area (Å²) in [7, 11) is 1.72. The molecule has 5 heteroatoms. The number of methoxy groups -OCH3 is 1. The molecule has 1 aliphatic rings. The van der Waals surface area contributed by atoms with Crippen LogP contribution in [0.1, 0.15) is 23.2 Å². The van der Waals surface area contributed by atoms with Crippen LogP contribution in [0.5, 0.6) is 5.75 Å². The normalized spacial score (nSPS) is 17.7. The third-order valence-corrected chi connectivity index (χ3v) is 4.22. The summed E-state index contributed by atoms with van der Waals surface area (Å²) >= 11 is 0. The highest BCUT2D eigenvalue weighted by Crippen LogP contribution is 2.24. The summed E-state index contributed by atoms with van der Waals surface area (Å²) in [4.78, 5) is 9.37. The third-order valence-electron chi connectivity index (χ3n) is 4.22. The van der Waals surface area contributed by atoms with E-state index in [0.717, 1.165) is 68.3 Å². The smallest absolute Gasteiger partial charge is 0.128 e. The van der Waals surface area contributed by atoms with Crippen LogP contribution in [0.2, 0.25) is 0 Å². The first kappa shape index (κ1) is 16.2. The molecule has 2 rings (SSSR count). The molecular weight excluding hydrogens is 266 g/mol. The fourth-order valence-corrected chi connectivity index (χ4v) is 2.99. The van der Waals surface area contributed by atoms with E-state index >= 15 is 0 Å². The van der Waals surface area contributed by atoms with E-state index in [2.05, 4.69) is 21.7 Å². The molecule has 0 spiro atoms. The van der Waals surface area contributed by atoms with Gasteiger partial charge in [0.25, 0.3) is 0 Å². The first-order valence-corrected chi connectivity index (χ1v) is 7.70. The molecule has 0 saturated carbocycles.